The van der Waals surface area contributed by atoms with Gasteiger partial charge in [-0.3, -0.25) is 4.90 Å². The molecule has 0 spiro atoms. The Morgan fingerprint density at radius 1 is 1.31 bits per heavy atom. The van der Waals surface area contributed by atoms with Crippen LogP contribution < -0.4 is 5.32 Å². The molecule has 0 bridgehead atoms. The van der Waals surface area contributed by atoms with E-state index in [0.29, 0.717) is 31.1 Å². The maximum atomic E-state index is 13.7. The number of morpholine rings is 1. The van der Waals surface area contributed by atoms with Crippen molar-refractivity contribution in [3.8, 4) is 6.07 Å². The number of nitriles is 1. The Morgan fingerprint density at radius 3 is 2.77 bits per heavy atom. The average Bonchev–Trinajstić information content (AvgIpc) is 2.66. The van der Waals surface area contributed by atoms with Crippen LogP contribution in [0.15, 0.2) is 24.3 Å². The number of hydrogen-bond donors (Lipinski definition) is 1. The van der Waals surface area contributed by atoms with Gasteiger partial charge < -0.3 is 10.1 Å². The van der Waals surface area contributed by atoms with Crippen molar-refractivity contribution in [2.45, 2.75) is 19.9 Å². The maximum absolute atomic E-state index is 13.7. The van der Waals surface area contributed by atoms with E-state index in [1.54, 1.807) is 12.1 Å². The predicted molar refractivity (Wildman–Crippen MR) is 96.2 cm³/mol. The van der Waals surface area contributed by atoms with Crippen LogP contribution >= 0.6 is 0 Å². The zero-order valence-electron chi connectivity index (χ0n) is 15.0. The third-order valence-corrected chi connectivity index (χ3v) is 4.75. The van der Waals surface area contributed by atoms with Crippen LogP contribution in [-0.4, -0.2) is 47.9 Å². The largest absolute Gasteiger partial charge is 0.379 e. The molecule has 0 aliphatic carbocycles. The fourth-order valence-corrected chi connectivity index (χ4v) is 3.12. The summed E-state index contributed by atoms with van der Waals surface area (Å²) in [5, 5.41) is 20.9. The highest BCUT2D eigenvalue weighted by Crippen LogP contribution is 2.24. The fraction of sp³-hybridized carbons (Fsp3) is 0.421. The molecule has 7 heteroatoms. The molecular formula is C19H22FN5O. The molecule has 1 saturated heterocycles. The molecule has 2 aromatic rings. The van der Waals surface area contributed by atoms with E-state index in [1.165, 1.54) is 6.07 Å². The summed E-state index contributed by atoms with van der Waals surface area (Å²) in [5.41, 5.74) is 2.94. The molecule has 26 heavy (non-hydrogen) atoms. The lowest BCUT2D eigenvalue weighted by Crippen LogP contribution is -2.41. The Morgan fingerprint density at radius 2 is 2.08 bits per heavy atom. The number of halogens is 1. The van der Waals surface area contributed by atoms with Gasteiger partial charge in [0.05, 0.1) is 24.9 Å². The van der Waals surface area contributed by atoms with Crippen LogP contribution in [0.1, 0.15) is 28.4 Å². The van der Waals surface area contributed by atoms with Crippen LogP contribution in [0.25, 0.3) is 0 Å². The van der Waals surface area contributed by atoms with E-state index in [4.69, 9.17) is 4.74 Å². The van der Waals surface area contributed by atoms with Crippen molar-refractivity contribution in [3.05, 3.63) is 52.5 Å². The Bertz CT molecular complexity index is 814. The molecule has 1 atom stereocenters. The number of anilines is 1. The monoisotopic (exact) mass is 355 g/mol. The minimum atomic E-state index is -0.260. The van der Waals surface area contributed by atoms with Crippen molar-refractivity contribution in [3.63, 3.8) is 0 Å². The van der Waals surface area contributed by atoms with E-state index in [2.05, 4.69) is 26.5 Å². The first-order valence-corrected chi connectivity index (χ1v) is 8.65. The number of nitrogens with one attached hydrogen (secondary N) is 1. The third kappa shape index (κ3) is 3.98. The number of hydrogen-bond acceptors (Lipinski definition) is 6. The van der Waals surface area contributed by atoms with Gasteiger partial charge in [0.1, 0.15) is 17.4 Å². The Kier molecular flexibility index (Phi) is 5.76. The van der Waals surface area contributed by atoms with Crippen LogP contribution in [0.5, 0.6) is 0 Å². The van der Waals surface area contributed by atoms with Crippen molar-refractivity contribution >= 4 is 5.82 Å². The smallest absolute Gasteiger partial charge is 0.167 e. The second kappa shape index (κ2) is 8.21. The molecule has 0 saturated carbocycles. The first kappa shape index (κ1) is 18.2. The molecule has 1 aromatic carbocycles. The maximum Gasteiger partial charge on any atom is 0.167 e. The van der Waals surface area contributed by atoms with Gasteiger partial charge in [-0.05, 0) is 37.1 Å². The second-order valence-corrected chi connectivity index (χ2v) is 6.35. The summed E-state index contributed by atoms with van der Waals surface area (Å²) in [5.74, 6) is 0.203. The van der Waals surface area contributed by atoms with Gasteiger partial charge in [-0.15, -0.1) is 5.10 Å². The molecular weight excluding hydrogens is 333 g/mol. The van der Waals surface area contributed by atoms with Gasteiger partial charge >= 0.3 is 0 Å². The number of aryl methyl sites for hydroxylation is 1. The van der Waals surface area contributed by atoms with Gasteiger partial charge in [0, 0.05) is 19.6 Å². The van der Waals surface area contributed by atoms with E-state index >= 15 is 0 Å². The highest BCUT2D eigenvalue weighted by molar-refractivity contribution is 5.55. The summed E-state index contributed by atoms with van der Waals surface area (Å²) >= 11 is 0. The van der Waals surface area contributed by atoms with Crippen molar-refractivity contribution in [1.29, 1.82) is 5.26 Å². The van der Waals surface area contributed by atoms with Gasteiger partial charge in [-0.1, -0.05) is 12.1 Å². The Balaban J connectivity index is 1.85. The zero-order chi connectivity index (χ0) is 18.5. The highest BCUT2D eigenvalue weighted by Gasteiger charge is 2.23. The summed E-state index contributed by atoms with van der Waals surface area (Å²) in [6.45, 7) is 7.03. The van der Waals surface area contributed by atoms with Crippen LogP contribution in [0, 0.1) is 31.0 Å². The minimum absolute atomic E-state index is 0.0513. The lowest BCUT2D eigenvalue weighted by Gasteiger charge is -2.35. The Labute approximate surface area is 152 Å². The van der Waals surface area contributed by atoms with E-state index in [9.17, 15) is 9.65 Å². The average molecular weight is 355 g/mol. The van der Waals surface area contributed by atoms with Gasteiger partial charge in [-0.25, -0.2) is 4.39 Å². The van der Waals surface area contributed by atoms with E-state index in [-0.39, 0.29) is 11.9 Å². The number of ether oxygens (including phenoxy) is 1. The summed E-state index contributed by atoms with van der Waals surface area (Å²) in [6.07, 6.45) is 0. The highest BCUT2D eigenvalue weighted by atomic mass is 19.1. The number of nitrogens with zero attached hydrogens (tertiary/aromatic N) is 4. The summed E-state index contributed by atoms with van der Waals surface area (Å²) in [4.78, 5) is 2.26. The fourth-order valence-electron chi connectivity index (χ4n) is 3.12. The topological polar surface area (TPSA) is 74.1 Å². The molecule has 1 fully saturated rings. The van der Waals surface area contributed by atoms with Crippen LogP contribution in [0.2, 0.25) is 0 Å². The minimum Gasteiger partial charge on any atom is -0.379 e. The predicted octanol–water partition coefficient (Wildman–Crippen LogP) is 2.59. The van der Waals surface area contributed by atoms with Crippen molar-refractivity contribution in [2.24, 2.45) is 0 Å². The zero-order valence-corrected chi connectivity index (χ0v) is 15.0. The van der Waals surface area contributed by atoms with Crippen LogP contribution in [-0.2, 0) is 4.74 Å². The molecule has 1 N–H and O–H groups in total. The molecule has 1 aliphatic heterocycles. The molecule has 6 nitrogen and oxygen atoms in total. The second-order valence-electron chi connectivity index (χ2n) is 6.35. The van der Waals surface area contributed by atoms with Crippen molar-refractivity contribution in [1.82, 2.24) is 15.1 Å². The van der Waals surface area contributed by atoms with Gasteiger partial charge in [0.15, 0.2) is 5.82 Å². The number of aromatic nitrogens is 2. The summed E-state index contributed by atoms with van der Waals surface area (Å²) in [7, 11) is 0. The molecule has 136 valence electrons. The molecule has 3 rings (SSSR count). The molecule has 2 heterocycles. The van der Waals surface area contributed by atoms with E-state index in [0.717, 1.165) is 29.9 Å². The van der Waals surface area contributed by atoms with Crippen LogP contribution in [0.3, 0.4) is 0 Å². The quantitative estimate of drug-likeness (QED) is 0.889. The lowest BCUT2D eigenvalue weighted by atomic mass is 10.0. The first-order valence-electron chi connectivity index (χ1n) is 8.65. The summed E-state index contributed by atoms with van der Waals surface area (Å²) < 4.78 is 19.2. The molecule has 1 aromatic heterocycles. The van der Waals surface area contributed by atoms with Gasteiger partial charge in [0.25, 0.3) is 0 Å². The standard InChI is InChI=1S/C19H22FN5O/c1-13-14(2)23-24-19(17(13)11-21)22-12-18(25-6-8-26-9-7-25)15-4-3-5-16(20)10-15/h3-5,10,18H,6-9,12H2,1-2H3,(H,22,24)/t18-/m1/s1. The first-order chi connectivity index (χ1) is 12.6. The Hall–Kier alpha value is -2.56. The molecule has 0 unspecified atom stereocenters. The molecule has 1 aliphatic rings. The van der Waals surface area contributed by atoms with Gasteiger partial charge in [-0.2, -0.15) is 10.4 Å². The lowest BCUT2D eigenvalue weighted by molar-refractivity contribution is 0.0186. The molecule has 0 amide bonds. The van der Waals surface area contributed by atoms with Crippen LogP contribution in [0.4, 0.5) is 10.2 Å². The van der Waals surface area contributed by atoms with Gasteiger partial charge in [0.2, 0.25) is 0 Å². The normalized spacial score (nSPS) is 16.1. The third-order valence-electron chi connectivity index (χ3n) is 4.75. The molecule has 0 radical (unpaired) electrons. The number of benzene rings is 1. The van der Waals surface area contributed by atoms with E-state index in [1.807, 2.05) is 19.9 Å². The SMILES string of the molecule is Cc1nnc(NC[C@H](c2cccc(F)c2)N2CCOCC2)c(C#N)c1C. The van der Waals surface area contributed by atoms with Crippen molar-refractivity contribution < 1.29 is 9.13 Å². The van der Waals surface area contributed by atoms with Crippen molar-refractivity contribution in [2.75, 3.05) is 38.2 Å². The summed E-state index contributed by atoms with van der Waals surface area (Å²) in [6, 6.07) is 8.78. The van der Waals surface area contributed by atoms with E-state index < -0.39 is 0 Å². The number of rotatable bonds is 5.